The summed E-state index contributed by atoms with van der Waals surface area (Å²) in [6.45, 7) is 3.56. The van der Waals surface area contributed by atoms with Crippen LogP contribution in [-0.4, -0.2) is 29.8 Å². The summed E-state index contributed by atoms with van der Waals surface area (Å²) in [6.07, 6.45) is 0. The maximum atomic E-state index is 4.72. The molecule has 0 nitrogen and oxygen atoms in total. The highest BCUT2D eigenvalue weighted by Crippen LogP contribution is 1.23. The van der Waals surface area contributed by atoms with E-state index in [9.17, 15) is 0 Å². The first kappa shape index (κ1) is 9.54. The van der Waals surface area contributed by atoms with Crippen LogP contribution in [0.3, 0.4) is 0 Å². The lowest BCUT2D eigenvalue weighted by atomic mass is 9.59. The van der Waals surface area contributed by atoms with Gasteiger partial charge in [-0.3, -0.25) is 0 Å². The minimum Gasteiger partial charge on any atom is -0.101 e. The molecule has 0 aliphatic heterocycles. The van der Waals surface area contributed by atoms with Crippen LogP contribution < -0.4 is 0 Å². The molecule has 0 saturated carbocycles. The zero-order chi connectivity index (χ0) is 5.41. The van der Waals surface area contributed by atoms with Crippen molar-refractivity contribution < 1.29 is 0 Å². The summed E-state index contributed by atoms with van der Waals surface area (Å²) in [6, 6.07) is 0. The van der Waals surface area contributed by atoms with Crippen molar-refractivity contribution in [2.24, 2.45) is 0 Å². The normalized spacial score (nSPS) is 4.33. The Morgan fingerprint density at radius 3 is 1.00 bits per heavy atom. The molecular formula is C2H6B4. The highest BCUT2D eigenvalue weighted by atomic mass is 12.7. The summed E-state index contributed by atoms with van der Waals surface area (Å²) in [7, 11) is 12.4. The smallest absolute Gasteiger partial charge is 0.0502 e. The molecule has 0 atom stereocenters. The van der Waals surface area contributed by atoms with Gasteiger partial charge in [0.05, 0.1) is 14.3 Å². The van der Waals surface area contributed by atoms with Crippen molar-refractivity contribution in [2.75, 3.05) is 0 Å². The first-order valence-corrected chi connectivity index (χ1v) is 1.82. The lowest BCUT2D eigenvalue weighted by Crippen LogP contribution is -1.68. The van der Waals surface area contributed by atoms with Crippen molar-refractivity contribution in [1.82, 2.24) is 0 Å². The molecule has 6 radical (unpaired) electrons. The average Bonchev–Trinajstić information content (AvgIpc) is 1.39. The first-order chi connectivity index (χ1) is 2.83. The van der Waals surface area contributed by atoms with Crippen molar-refractivity contribution in [2.45, 2.75) is 13.6 Å². The highest BCUT2D eigenvalue weighted by molar-refractivity contribution is 6.88. The van der Waals surface area contributed by atoms with Gasteiger partial charge in [0.25, 0.3) is 0 Å². The summed E-state index contributed by atoms with van der Waals surface area (Å²) in [5.74, 6) is 0. The first-order valence-electron chi connectivity index (χ1n) is 1.82. The summed E-state index contributed by atoms with van der Waals surface area (Å²) in [4.78, 5) is 0. The molecule has 0 fully saturated rings. The topological polar surface area (TPSA) is 0 Å². The quantitative estimate of drug-likeness (QED) is 0.344. The average molecular weight is 73.3 g/mol. The summed E-state index contributed by atoms with van der Waals surface area (Å²) < 4.78 is 0. The maximum absolute atomic E-state index is 4.72. The Labute approximate surface area is 44.4 Å². The molecule has 26 valence electrons. The van der Waals surface area contributed by atoms with Crippen LogP contribution in [0, 0.1) is 0 Å². The second-order valence-corrected chi connectivity index (χ2v) is 0.667. The van der Waals surface area contributed by atoms with Gasteiger partial charge < -0.3 is 0 Å². The van der Waals surface area contributed by atoms with Crippen LogP contribution in [-0.2, 0) is 0 Å². The zero-order valence-corrected chi connectivity index (χ0v) is 4.31. The van der Waals surface area contributed by atoms with Crippen LogP contribution >= 0.6 is 0 Å². The Kier molecular flexibility index (Phi) is 29.7. The molecule has 0 unspecified atom stereocenters. The molecule has 0 N–H and O–H groups in total. The highest BCUT2D eigenvalue weighted by Gasteiger charge is 1.42. The third-order valence-corrected chi connectivity index (χ3v) is 0. The van der Waals surface area contributed by atoms with Crippen LogP contribution in [0.2, 0.25) is 13.6 Å². The number of hydrogen-bond acceptors (Lipinski definition) is 0. The molecule has 0 saturated heterocycles. The van der Waals surface area contributed by atoms with Gasteiger partial charge in [0.15, 0.2) is 0 Å². The largest absolute Gasteiger partial charge is 0.101 e. The Balaban J connectivity index is 0. The molecule has 0 aliphatic rings. The van der Waals surface area contributed by atoms with Crippen molar-refractivity contribution >= 4 is 29.8 Å². The van der Waals surface area contributed by atoms with Gasteiger partial charge in [-0.15, -0.1) is 13.6 Å². The van der Waals surface area contributed by atoms with Gasteiger partial charge in [-0.25, -0.2) is 0 Å². The molecule has 0 aromatic carbocycles. The van der Waals surface area contributed by atoms with E-state index < -0.39 is 0 Å². The van der Waals surface area contributed by atoms with Crippen LogP contribution in [0.15, 0.2) is 0 Å². The van der Waals surface area contributed by atoms with Gasteiger partial charge in [0, 0.05) is 15.5 Å². The lowest BCUT2D eigenvalue weighted by molar-refractivity contribution is 2.37. The van der Waals surface area contributed by atoms with E-state index in [0.29, 0.717) is 0 Å². The van der Waals surface area contributed by atoms with Crippen molar-refractivity contribution in [3.05, 3.63) is 0 Å². The predicted molar refractivity (Wildman–Crippen MR) is 34.7 cm³/mol. The van der Waals surface area contributed by atoms with E-state index in [1.165, 1.54) is 14.3 Å². The van der Waals surface area contributed by atoms with Gasteiger partial charge in [0.2, 0.25) is 0 Å². The SMILES string of the molecule is [B][B]C.[B][B]C. The molecule has 6 heavy (non-hydrogen) atoms. The molecule has 0 amide bonds. The fourth-order valence-electron chi connectivity index (χ4n) is 0. The van der Waals surface area contributed by atoms with Gasteiger partial charge in [0.1, 0.15) is 0 Å². The van der Waals surface area contributed by atoms with Crippen LogP contribution in [0.25, 0.3) is 0 Å². The molecule has 0 aromatic heterocycles. The van der Waals surface area contributed by atoms with Gasteiger partial charge in [-0.1, -0.05) is 0 Å². The van der Waals surface area contributed by atoms with Crippen molar-refractivity contribution in [3.63, 3.8) is 0 Å². The van der Waals surface area contributed by atoms with E-state index in [2.05, 4.69) is 0 Å². The Bertz CT molecular complexity index is 7.51. The van der Waals surface area contributed by atoms with Gasteiger partial charge in [-0.05, 0) is 0 Å². The minimum atomic E-state index is 1.50. The fourth-order valence-corrected chi connectivity index (χ4v) is 0. The molecular weight excluding hydrogens is 67.3 g/mol. The minimum absolute atomic E-state index is 1.50. The Morgan fingerprint density at radius 1 is 1.00 bits per heavy atom. The van der Waals surface area contributed by atoms with E-state index in [0.717, 1.165) is 0 Å². The molecule has 0 aliphatic carbocycles. The maximum Gasteiger partial charge on any atom is 0.0502 e. The molecule has 0 aromatic rings. The Hall–Kier alpha value is 0.260. The molecule has 0 rings (SSSR count). The summed E-state index contributed by atoms with van der Waals surface area (Å²) in [5, 5.41) is 0. The fraction of sp³-hybridized carbons (Fsp3) is 1.00. The third-order valence-electron chi connectivity index (χ3n) is 0. The van der Waals surface area contributed by atoms with Gasteiger partial charge in [-0.2, -0.15) is 0 Å². The standard InChI is InChI=1S/2CH3B2/c2*1-3-2/h2*1H3. The van der Waals surface area contributed by atoms with Crippen molar-refractivity contribution in [1.29, 1.82) is 0 Å². The van der Waals surface area contributed by atoms with E-state index in [1.54, 1.807) is 13.6 Å². The molecule has 0 spiro atoms. The van der Waals surface area contributed by atoms with E-state index in [-0.39, 0.29) is 0 Å². The second-order valence-electron chi connectivity index (χ2n) is 0.667. The number of rotatable bonds is 0. The van der Waals surface area contributed by atoms with Crippen LogP contribution in [0.5, 0.6) is 0 Å². The summed E-state index contributed by atoms with van der Waals surface area (Å²) in [5.41, 5.74) is 0. The van der Waals surface area contributed by atoms with E-state index >= 15 is 0 Å². The summed E-state index contributed by atoms with van der Waals surface area (Å²) >= 11 is 0. The Morgan fingerprint density at radius 2 is 1.00 bits per heavy atom. The second kappa shape index (κ2) is 18.7. The van der Waals surface area contributed by atoms with Gasteiger partial charge >= 0.3 is 0 Å². The van der Waals surface area contributed by atoms with E-state index in [1.807, 2.05) is 0 Å². The molecule has 0 bridgehead atoms. The lowest BCUT2D eigenvalue weighted by Gasteiger charge is -1.41. The predicted octanol–water partition coefficient (Wildman–Crippen LogP) is -0.356. The third kappa shape index (κ3) is 671. The number of hydrogen-bond donors (Lipinski definition) is 0. The van der Waals surface area contributed by atoms with Crippen LogP contribution in [0.1, 0.15) is 0 Å². The van der Waals surface area contributed by atoms with Crippen LogP contribution in [0.4, 0.5) is 0 Å². The van der Waals surface area contributed by atoms with Crippen molar-refractivity contribution in [3.8, 4) is 0 Å². The van der Waals surface area contributed by atoms with E-state index in [4.69, 9.17) is 15.5 Å². The zero-order valence-electron chi connectivity index (χ0n) is 4.31. The molecule has 4 heteroatoms. The monoisotopic (exact) mass is 74.1 g/mol. The molecule has 0 heterocycles.